The van der Waals surface area contributed by atoms with Crippen LogP contribution in [0.4, 0.5) is 5.69 Å². The topological polar surface area (TPSA) is 55.8 Å². The average molecular weight is 374 g/mol. The van der Waals surface area contributed by atoms with E-state index in [0.717, 1.165) is 4.31 Å². The van der Waals surface area contributed by atoms with Crippen molar-refractivity contribution < 1.29 is 17.9 Å². The van der Waals surface area contributed by atoms with E-state index in [9.17, 15) is 8.42 Å². The molecule has 0 bridgehead atoms. The van der Waals surface area contributed by atoms with Crippen LogP contribution in [0.1, 0.15) is 0 Å². The fourth-order valence-electron chi connectivity index (χ4n) is 2.21. The maximum absolute atomic E-state index is 12.8. The molecule has 0 spiro atoms. The first-order chi connectivity index (χ1) is 10.9. The minimum Gasteiger partial charge on any atom is -0.486 e. The lowest BCUT2D eigenvalue weighted by Crippen LogP contribution is -2.27. The summed E-state index contributed by atoms with van der Waals surface area (Å²) in [5.74, 6) is 0.932. The highest BCUT2D eigenvalue weighted by atomic mass is 35.5. The Morgan fingerprint density at radius 2 is 1.74 bits per heavy atom. The molecule has 0 fully saturated rings. The molecule has 0 saturated heterocycles. The first kappa shape index (κ1) is 16.2. The second-order valence-corrected chi connectivity index (χ2v) is 7.61. The standard InChI is InChI=1S/C15H13Cl2NO4S/c1-18(12-4-2-3-11(16)15(12)17)23(19,20)10-5-6-13-14(9-10)22-8-7-21-13/h2-6,9H,7-8H2,1H3. The molecular formula is C15H13Cl2NO4S. The number of fused-ring (bicyclic) bond motifs is 1. The van der Waals surface area contributed by atoms with Crippen LogP contribution in [-0.4, -0.2) is 28.7 Å². The van der Waals surface area contributed by atoms with Crippen molar-refractivity contribution in [1.82, 2.24) is 0 Å². The predicted molar refractivity (Wildman–Crippen MR) is 89.5 cm³/mol. The zero-order chi connectivity index (χ0) is 16.6. The quantitative estimate of drug-likeness (QED) is 0.824. The Morgan fingerprint density at radius 3 is 2.48 bits per heavy atom. The predicted octanol–water partition coefficient (Wildman–Crippen LogP) is 3.59. The van der Waals surface area contributed by atoms with Crippen LogP contribution in [0.5, 0.6) is 11.5 Å². The van der Waals surface area contributed by atoms with Gasteiger partial charge in [-0.1, -0.05) is 29.3 Å². The summed E-state index contributed by atoms with van der Waals surface area (Å²) in [6, 6.07) is 9.31. The Labute approximate surface area is 144 Å². The molecule has 0 radical (unpaired) electrons. The molecule has 0 amide bonds. The number of hydrogen-bond donors (Lipinski definition) is 0. The molecular weight excluding hydrogens is 361 g/mol. The number of halogens is 2. The fraction of sp³-hybridized carbons (Fsp3) is 0.200. The summed E-state index contributed by atoms with van der Waals surface area (Å²) in [4.78, 5) is 0.0836. The molecule has 122 valence electrons. The summed E-state index contributed by atoms with van der Waals surface area (Å²) in [5, 5.41) is 0.464. The summed E-state index contributed by atoms with van der Waals surface area (Å²) in [6.45, 7) is 0.823. The third-order valence-electron chi connectivity index (χ3n) is 3.44. The van der Waals surface area contributed by atoms with Gasteiger partial charge in [0.25, 0.3) is 10.0 Å². The molecule has 1 aliphatic rings. The van der Waals surface area contributed by atoms with Crippen LogP contribution in [0, 0.1) is 0 Å². The molecule has 1 aliphatic heterocycles. The molecule has 0 saturated carbocycles. The van der Waals surface area contributed by atoms with Crippen molar-refractivity contribution in [3.8, 4) is 11.5 Å². The van der Waals surface area contributed by atoms with Crippen molar-refractivity contribution in [1.29, 1.82) is 0 Å². The van der Waals surface area contributed by atoms with Crippen molar-refractivity contribution in [2.75, 3.05) is 24.6 Å². The maximum Gasteiger partial charge on any atom is 0.264 e. The van der Waals surface area contributed by atoms with E-state index >= 15 is 0 Å². The fourth-order valence-corrected chi connectivity index (χ4v) is 3.90. The molecule has 0 atom stereocenters. The van der Waals surface area contributed by atoms with Crippen molar-refractivity contribution in [3.05, 3.63) is 46.4 Å². The van der Waals surface area contributed by atoms with Crippen LogP contribution >= 0.6 is 23.2 Å². The minimum atomic E-state index is -3.81. The molecule has 0 unspecified atom stereocenters. The lowest BCUT2D eigenvalue weighted by atomic mass is 10.3. The summed E-state index contributed by atoms with van der Waals surface area (Å²) >= 11 is 12.1. The lowest BCUT2D eigenvalue weighted by molar-refractivity contribution is 0.171. The van der Waals surface area contributed by atoms with Crippen LogP contribution in [0.25, 0.3) is 0 Å². The highest BCUT2D eigenvalue weighted by Gasteiger charge is 2.25. The Hall–Kier alpha value is -1.63. The Bertz CT molecular complexity index is 855. The van der Waals surface area contributed by atoms with E-state index in [1.807, 2.05) is 0 Å². The van der Waals surface area contributed by atoms with Gasteiger partial charge in [0.1, 0.15) is 13.2 Å². The van der Waals surface area contributed by atoms with E-state index < -0.39 is 10.0 Å². The van der Waals surface area contributed by atoms with Crippen molar-refractivity contribution >= 4 is 38.9 Å². The van der Waals surface area contributed by atoms with Gasteiger partial charge >= 0.3 is 0 Å². The van der Waals surface area contributed by atoms with Gasteiger partial charge < -0.3 is 9.47 Å². The monoisotopic (exact) mass is 373 g/mol. The van der Waals surface area contributed by atoms with Crippen LogP contribution in [-0.2, 0) is 10.0 Å². The number of nitrogens with zero attached hydrogens (tertiary/aromatic N) is 1. The van der Waals surface area contributed by atoms with E-state index in [1.165, 1.54) is 19.2 Å². The summed E-state index contributed by atoms with van der Waals surface area (Å²) in [5.41, 5.74) is 0.300. The number of ether oxygens (including phenoxy) is 2. The molecule has 3 rings (SSSR count). The molecule has 0 aromatic heterocycles. The molecule has 8 heteroatoms. The van der Waals surface area contributed by atoms with E-state index in [0.29, 0.717) is 30.4 Å². The summed E-state index contributed by atoms with van der Waals surface area (Å²) in [6.07, 6.45) is 0. The number of benzene rings is 2. The van der Waals surface area contributed by atoms with Crippen LogP contribution < -0.4 is 13.8 Å². The Balaban J connectivity index is 2.02. The highest BCUT2D eigenvalue weighted by Crippen LogP contribution is 2.37. The highest BCUT2D eigenvalue weighted by molar-refractivity contribution is 7.92. The molecule has 1 heterocycles. The first-order valence-electron chi connectivity index (χ1n) is 6.74. The molecule has 2 aromatic rings. The normalized spacial score (nSPS) is 13.7. The molecule has 0 aliphatic carbocycles. The van der Waals surface area contributed by atoms with Crippen LogP contribution in [0.3, 0.4) is 0 Å². The van der Waals surface area contributed by atoms with Gasteiger partial charge in [0.15, 0.2) is 11.5 Å². The number of anilines is 1. The van der Waals surface area contributed by atoms with E-state index in [2.05, 4.69) is 0 Å². The van der Waals surface area contributed by atoms with Gasteiger partial charge in [-0.25, -0.2) is 8.42 Å². The van der Waals surface area contributed by atoms with Crippen LogP contribution in [0.15, 0.2) is 41.3 Å². The van der Waals surface area contributed by atoms with Gasteiger partial charge in [-0.3, -0.25) is 4.31 Å². The second-order valence-electron chi connectivity index (χ2n) is 4.85. The third kappa shape index (κ3) is 2.94. The van der Waals surface area contributed by atoms with E-state index in [4.69, 9.17) is 32.7 Å². The molecule has 23 heavy (non-hydrogen) atoms. The molecule has 2 aromatic carbocycles. The Morgan fingerprint density at radius 1 is 1.04 bits per heavy atom. The number of hydrogen-bond acceptors (Lipinski definition) is 4. The molecule has 5 nitrogen and oxygen atoms in total. The van der Waals surface area contributed by atoms with Crippen molar-refractivity contribution in [2.24, 2.45) is 0 Å². The lowest BCUT2D eigenvalue weighted by Gasteiger charge is -2.23. The van der Waals surface area contributed by atoms with Gasteiger partial charge in [-0.2, -0.15) is 0 Å². The Kier molecular flexibility index (Phi) is 4.31. The van der Waals surface area contributed by atoms with Gasteiger partial charge in [-0.15, -0.1) is 0 Å². The number of sulfonamides is 1. The van der Waals surface area contributed by atoms with E-state index in [1.54, 1.807) is 24.3 Å². The van der Waals surface area contributed by atoms with Crippen molar-refractivity contribution in [2.45, 2.75) is 4.90 Å². The van der Waals surface area contributed by atoms with Crippen molar-refractivity contribution in [3.63, 3.8) is 0 Å². The average Bonchev–Trinajstić information content (AvgIpc) is 2.56. The zero-order valence-electron chi connectivity index (χ0n) is 12.1. The van der Waals surface area contributed by atoms with Gasteiger partial charge in [0.05, 0.1) is 20.6 Å². The second kappa shape index (κ2) is 6.11. The summed E-state index contributed by atoms with van der Waals surface area (Å²) < 4.78 is 37.5. The smallest absolute Gasteiger partial charge is 0.264 e. The van der Waals surface area contributed by atoms with Gasteiger partial charge in [0, 0.05) is 13.1 Å². The first-order valence-corrected chi connectivity index (χ1v) is 8.93. The number of rotatable bonds is 3. The van der Waals surface area contributed by atoms with Crippen LogP contribution in [0.2, 0.25) is 10.0 Å². The third-order valence-corrected chi connectivity index (χ3v) is 6.02. The zero-order valence-corrected chi connectivity index (χ0v) is 14.5. The van der Waals surface area contributed by atoms with Gasteiger partial charge in [0.2, 0.25) is 0 Å². The minimum absolute atomic E-state index is 0.0836. The SMILES string of the molecule is CN(c1cccc(Cl)c1Cl)S(=O)(=O)c1ccc2c(c1)OCCO2. The van der Waals surface area contributed by atoms with Gasteiger partial charge in [-0.05, 0) is 24.3 Å². The maximum atomic E-state index is 12.8. The summed E-state index contributed by atoms with van der Waals surface area (Å²) in [7, 11) is -2.39. The van der Waals surface area contributed by atoms with E-state index in [-0.39, 0.29) is 14.9 Å². The molecule has 0 N–H and O–H groups in total. The largest absolute Gasteiger partial charge is 0.486 e.